The molecule has 16 heavy (non-hydrogen) atoms. The molecule has 0 aliphatic carbocycles. The fourth-order valence-electron chi connectivity index (χ4n) is 1.89. The zero-order chi connectivity index (χ0) is 11.2. The van der Waals surface area contributed by atoms with E-state index in [-0.39, 0.29) is 29.6 Å². The molecule has 0 heterocycles. The molecular formula is C14H29NaS. The van der Waals surface area contributed by atoms with Gasteiger partial charge < -0.3 is 0 Å². The first-order valence-electron chi connectivity index (χ1n) is 6.85. The maximum atomic E-state index is 4.80. The van der Waals surface area contributed by atoms with E-state index >= 15 is 0 Å². The predicted octanol–water partition coefficient (Wildman–Crippen LogP) is 5.04. The Morgan fingerprint density at radius 2 is 1.06 bits per heavy atom. The average Bonchev–Trinajstić information content (AvgIpc) is 2.26. The van der Waals surface area contributed by atoms with Gasteiger partial charge in [0, 0.05) is 0 Å². The molecule has 0 spiro atoms. The Bertz CT molecular complexity index is 126. The molecule has 92 valence electrons. The van der Waals surface area contributed by atoms with Gasteiger partial charge in [-0.2, -0.15) is 0 Å². The molecule has 0 bridgehead atoms. The van der Waals surface area contributed by atoms with Crippen LogP contribution in [0.2, 0.25) is 0 Å². The van der Waals surface area contributed by atoms with E-state index in [0.717, 1.165) is 6.42 Å². The number of hydrogen-bond acceptors (Lipinski definition) is 1. The third-order valence-corrected chi connectivity index (χ3v) is 3.16. The van der Waals surface area contributed by atoms with Crippen molar-refractivity contribution in [2.45, 2.75) is 84.0 Å². The zero-order valence-corrected chi connectivity index (χ0v) is 11.3. The topological polar surface area (TPSA) is 0 Å². The summed E-state index contributed by atoms with van der Waals surface area (Å²) >= 11 is 4.80. The van der Waals surface area contributed by atoms with E-state index in [1.807, 2.05) is 5.37 Å². The van der Waals surface area contributed by atoms with Crippen LogP contribution in [-0.2, 0) is 0 Å². The minimum absolute atomic E-state index is 0. The standard InChI is InChI=1S/C14H28S.Na.H/c1-2-3-4-5-6-7-8-9-10-11-12-13-14-15;;/h14H,2-13H2,1H3;;. The summed E-state index contributed by atoms with van der Waals surface area (Å²) in [5.74, 6) is 0. The van der Waals surface area contributed by atoms with Crippen molar-refractivity contribution in [2.75, 3.05) is 0 Å². The van der Waals surface area contributed by atoms with Crippen molar-refractivity contribution in [3.63, 3.8) is 0 Å². The molecule has 0 saturated heterocycles. The van der Waals surface area contributed by atoms with Gasteiger partial charge in [0.2, 0.25) is 0 Å². The van der Waals surface area contributed by atoms with E-state index in [0.29, 0.717) is 0 Å². The Labute approximate surface area is 130 Å². The van der Waals surface area contributed by atoms with Crippen LogP contribution in [0.15, 0.2) is 0 Å². The summed E-state index contributed by atoms with van der Waals surface area (Å²) in [6, 6.07) is 0. The Kier molecular flexibility index (Phi) is 22.4. The van der Waals surface area contributed by atoms with Crippen molar-refractivity contribution in [2.24, 2.45) is 0 Å². The number of rotatable bonds is 12. The summed E-state index contributed by atoms with van der Waals surface area (Å²) < 4.78 is 0. The van der Waals surface area contributed by atoms with Gasteiger partial charge in [-0.1, -0.05) is 83.3 Å². The molecule has 0 aromatic carbocycles. The molecule has 0 rings (SSSR count). The second-order valence-corrected chi connectivity index (χ2v) is 4.82. The van der Waals surface area contributed by atoms with E-state index < -0.39 is 0 Å². The first kappa shape index (κ1) is 19.4. The van der Waals surface area contributed by atoms with E-state index in [1.54, 1.807) is 0 Å². The number of thiocarbonyl (C=S) groups is 1. The molecule has 2 heteroatoms. The van der Waals surface area contributed by atoms with Crippen molar-refractivity contribution >= 4 is 47.1 Å². The van der Waals surface area contributed by atoms with Crippen molar-refractivity contribution in [3.05, 3.63) is 0 Å². The molecule has 0 N–H and O–H groups in total. The Morgan fingerprint density at radius 1 is 0.688 bits per heavy atom. The monoisotopic (exact) mass is 252 g/mol. The first-order chi connectivity index (χ1) is 7.41. The van der Waals surface area contributed by atoms with Crippen molar-refractivity contribution in [1.82, 2.24) is 0 Å². The van der Waals surface area contributed by atoms with E-state index in [9.17, 15) is 0 Å². The fraction of sp³-hybridized carbons (Fsp3) is 0.929. The molecule has 0 aliphatic rings. The van der Waals surface area contributed by atoms with Gasteiger partial charge in [-0.3, -0.25) is 0 Å². The van der Waals surface area contributed by atoms with Gasteiger partial charge >= 0.3 is 29.6 Å². The summed E-state index contributed by atoms with van der Waals surface area (Å²) in [5.41, 5.74) is 0. The van der Waals surface area contributed by atoms with Crippen LogP contribution in [0.3, 0.4) is 0 Å². The van der Waals surface area contributed by atoms with Crippen molar-refractivity contribution in [3.8, 4) is 0 Å². The van der Waals surface area contributed by atoms with E-state index in [2.05, 4.69) is 6.92 Å². The Morgan fingerprint density at radius 3 is 1.44 bits per heavy atom. The second kappa shape index (κ2) is 18.5. The number of unbranched alkanes of at least 4 members (excludes halogenated alkanes) is 11. The summed E-state index contributed by atoms with van der Waals surface area (Å²) in [7, 11) is 0. The molecule has 0 unspecified atom stereocenters. The van der Waals surface area contributed by atoms with Gasteiger partial charge in [0.15, 0.2) is 0 Å². The molecule has 0 aromatic rings. The van der Waals surface area contributed by atoms with Gasteiger partial charge in [-0.15, -0.1) is 0 Å². The molecule has 0 radical (unpaired) electrons. The molecule has 0 saturated carbocycles. The SMILES string of the molecule is CCCCCCCCCCCCCC=S.[NaH]. The third-order valence-electron chi connectivity index (χ3n) is 2.93. The molecule has 0 aliphatic heterocycles. The van der Waals surface area contributed by atoms with Gasteiger partial charge in [0.1, 0.15) is 0 Å². The van der Waals surface area contributed by atoms with Crippen molar-refractivity contribution in [1.29, 1.82) is 0 Å². The zero-order valence-electron chi connectivity index (χ0n) is 10.5. The molecule has 0 nitrogen and oxygen atoms in total. The summed E-state index contributed by atoms with van der Waals surface area (Å²) in [6.45, 7) is 2.28. The summed E-state index contributed by atoms with van der Waals surface area (Å²) in [5, 5.41) is 1.87. The second-order valence-electron chi connectivity index (χ2n) is 4.49. The van der Waals surface area contributed by atoms with Gasteiger partial charge in [-0.25, -0.2) is 0 Å². The molecule has 0 amide bonds. The normalized spacial score (nSPS) is 9.81. The Hall–Kier alpha value is 1.09. The van der Waals surface area contributed by atoms with Crippen LogP contribution in [0.5, 0.6) is 0 Å². The molecule has 0 atom stereocenters. The molecule has 0 aromatic heterocycles. The van der Waals surface area contributed by atoms with Crippen LogP contribution in [-0.4, -0.2) is 34.9 Å². The fourth-order valence-corrected chi connectivity index (χ4v) is 2.06. The van der Waals surface area contributed by atoms with Crippen LogP contribution in [0.1, 0.15) is 84.0 Å². The Balaban J connectivity index is 0. The van der Waals surface area contributed by atoms with Crippen LogP contribution in [0.4, 0.5) is 0 Å². The maximum absolute atomic E-state index is 4.80. The third kappa shape index (κ3) is 17.5. The van der Waals surface area contributed by atoms with E-state index in [4.69, 9.17) is 12.2 Å². The minimum atomic E-state index is 0. The van der Waals surface area contributed by atoms with Crippen LogP contribution in [0, 0.1) is 0 Å². The summed E-state index contributed by atoms with van der Waals surface area (Å²) in [4.78, 5) is 0. The summed E-state index contributed by atoms with van der Waals surface area (Å²) in [6.07, 6.45) is 16.7. The van der Waals surface area contributed by atoms with E-state index in [1.165, 1.54) is 70.6 Å². The van der Waals surface area contributed by atoms with Crippen LogP contribution in [0.25, 0.3) is 0 Å². The number of hydrogen-bond donors (Lipinski definition) is 0. The van der Waals surface area contributed by atoms with Gasteiger partial charge in [0.25, 0.3) is 0 Å². The van der Waals surface area contributed by atoms with Crippen molar-refractivity contribution < 1.29 is 0 Å². The molecular weight excluding hydrogens is 223 g/mol. The van der Waals surface area contributed by atoms with Gasteiger partial charge in [-0.05, 0) is 18.2 Å². The predicted molar refractivity (Wildman–Crippen MR) is 81.9 cm³/mol. The average molecular weight is 252 g/mol. The first-order valence-corrected chi connectivity index (χ1v) is 7.32. The van der Waals surface area contributed by atoms with Gasteiger partial charge in [0.05, 0.1) is 0 Å². The molecule has 0 fully saturated rings. The quantitative estimate of drug-likeness (QED) is 0.266. The van der Waals surface area contributed by atoms with Crippen LogP contribution >= 0.6 is 12.2 Å². The van der Waals surface area contributed by atoms with Crippen LogP contribution < -0.4 is 0 Å².